The highest BCUT2D eigenvalue weighted by Crippen LogP contribution is 2.34. The number of nitriles is 1. The molecule has 4 rings (SSSR count). The lowest BCUT2D eigenvalue weighted by Crippen LogP contribution is -2.57. The molecule has 1 aromatic heterocycles. The zero-order valence-electron chi connectivity index (χ0n) is 29.7. The van der Waals surface area contributed by atoms with E-state index in [9.17, 15) is 27.6 Å². The highest BCUT2D eigenvalue weighted by Gasteiger charge is 2.40. The minimum Gasteiger partial charge on any atom is -0.444 e. The van der Waals surface area contributed by atoms with Crippen LogP contribution in [0, 0.1) is 17.2 Å². The van der Waals surface area contributed by atoms with Gasteiger partial charge in [-0.15, -0.1) is 0 Å². The van der Waals surface area contributed by atoms with Crippen LogP contribution in [0.15, 0.2) is 30.3 Å². The molecule has 0 unspecified atom stereocenters. The average Bonchev–Trinajstić information content (AvgIpc) is 3.05. The number of alkyl halides is 3. The predicted octanol–water partition coefficient (Wildman–Crippen LogP) is 5.11. The van der Waals surface area contributed by atoms with Gasteiger partial charge in [0.15, 0.2) is 0 Å². The Kier molecular flexibility index (Phi) is 13.9. The van der Waals surface area contributed by atoms with Crippen molar-refractivity contribution in [2.45, 2.75) is 96.4 Å². The summed E-state index contributed by atoms with van der Waals surface area (Å²) < 4.78 is 46.9. The van der Waals surface area contributed by atoms with E-state index in [1.54, 1.807) is 43.9 Å². The first-order valence-corrected chi connectivity index (χ1v) is 17.7. The van der Waals surface area contributed by atoms with Crippen LogP contribution in [0.25, 0.3) is 0 Å². The lowest BCUT2D eigenvalue weighted by atomic mass is 9.91. The second-order valence-corrected chi connectivity index (χ2v) is 14.1. The Morgan fingerprint density at radius 1 is 0.902 bits per heavy atom. The van der Waals surface area contributed by atoms with Crippen molar-refractivity contribution >= 4 is 29.5 Å². The summed E-state index contributed by atoms with van der Waals surface area (Å²) in [5, 5.41) is 17.4. The maximum atomic E-state index is 13.9. The molecule has 0 aliphatic carbocycles. The number of aromatic nitrogens is 2. The fraction of sp³-hybridized carbons (Fsp3) is 0.611. The van der Waals surface area contributed by atoms with Gasteiger partial charge < -0.3 is 30.5 Å². The fourth-order valence-electron chi connectivity index (χ4n) is 6.06. The third kappa shape index (κ3) is 12.6. The van der Waals surface area contributed by atoms with Crippen LogP contribution in [-0.2, 0) is 26.9 Å². The van der Waals surface area contributed by atoms with E-state index >= 15 is 0 Å². The Balaban J connectivity index is 1.19. The van der Waals surface area contributed by atoms with Gasteiger partial charge in [0.05, 0.1) is 11.6 Å². The van der Waals surface area contributed by atoms with E-state index in [1.807, 2.05) is 17.0 Å². The van der Waals surface area contributed by atoms with Crippen molar-refractivity contribution in [1.82, 2.24) is 25.9 Å². The van der Waals surface area contributed by atoms with Gasteiger partial charge in [0.1, 0.15) is 23.3 Å². The molecule has 2 aliphatic rings. The van der Waals surface area contributed by atoms with Gasteiger partial charge >= 0.3 is 12.3 Å². The van der Waals surface area contributed by atoms with E-state index in [4.69, 9.17) is 10.00 Å². The minimum absolute atomic E-state index is 0.0231. The molecule has 1 atom stereocenters. The SMILES string of the molecule is CC(C)(C)OC(=O)NCCCCNC(=O)CCCC1CCN(c2cc(N3CC[C@H]3C(=O)NCCc3ccc(C#N)cc3)nc(C(F)(F)F)n2)CC1. The highest BCUT2D eigenvalue weighted by atomic mass is 19.4. The minimum atomic E-state index is -4.75. The third-order valence-electron chi connectivity index (χ3n) is 8.91. The van der Waals surface area contributed by atoms with Crippen LogP contribution in [0.3, 0.4) is 0 Å². The maximum Gasteiger partial charge on any atom is 0.451 e. The Bertz CT molecular complexity index is 1520. The largest absolute Gasteiger partial charge is 0.451 e. The van der Waals surface area contributed by atoms with Gasteiger partial charge in [-0.1, -0.05) is 12.1 Å². The number of ether oxygens (including phenoxy) is 1. The Hall–Kier alpha value is -4.61. The molecule has 15 heteroatoms. The van der Waals surface area contributed by atoms with Crippen molar-refractivity contribution in [3.8, 4) is 6.07 Å². The number of nitrogens with zero attached hydrogens (tertiary/aromatic N) is 5. The third-order valence-corrected chi connectivity index (χ3v) is 8.91. The summed E-state index contributed by atoms with van der Waals surface area (Å²) in [6.07, 6.45) is 0.799. The summed E-state index contributed by atoms with van der Waals surface area (Å²) in [6.45, 7) is 8.21. The molecule has 0 spiro atoms. The first-order valence-electron chi connectivity index (χ1n) is 17.7. The molecule has 3 heterocycles. The molecule has 2 aliphatic heterocycles. The molecule has 0 bridgehead atoms. The summed E-state index contributed by atoms with van der Waals surface area (Å²) in [5.74, 6) is -0.897. The number of rotatable bonds is 15. The topological polar surface area (TPSA) is 153 Å². The molecule has 3 amide bonds. The lowest BCUT2D eigenvalue weighted by molar-refractivity contribution is -0.144. The number of carbonyl (C=O) groups excluding carboxylic acids is 3. The Labute approximate surface area is 297 Å². The summed E-state index contributed by atoms with van der Waals surface area (Å²) in [6, 6.07) is 10.1. The number of hydrogen-bond donors (Lipinski definition) is 3. The van der Waals surface area contributed by atoms with Crippen LogP contribution in [0.1, 0.15) is 89.1 Å². The van der Waals surface area contributed by atoms with Crippen molar-refractivity contribution in [2.24, 2.45) is 5.92 Å². The van der Waals surface area contributed by atoms with Crippen LogP contribution in [0.5, 0.6) is 0 Å². The van der Waals surface area contributed by atoms with Crippen molar-refractivity contribution in [3.05, 3.63) is 47.3 Å². The lowest BCUT2D eigenvalue weighted by Gasteiger charge is -2.41. The van der Waals surface area contributed by atoms with Crippen LogP contribution in [0.2, 0.25) is 0 Å². The molecular weight excluding hydrogens is 665 g/mol. The second kappa shape index (κ2) is 18.1. The standard InChI is InChI=1S/C36H49F3N8O4/c1-35(2,3)51-34(50)43-18-5-4-17-41-31(48)8-6-7-25-14-20-46(21-15-25)29-23-30(45-33(44-29)36(37,38)39)47-22-16-28(47)32(49)42-19-13-26-9-11-27(24-40)12-10-26/h9-12,23,25,28H,4-8,13-22H2,1-3H3,(H,41,48)(H,42,49)(H,43,50)/t28-/m0/s1. The van der Waals surface area contributed by atoms with Crippen molar-refractivity contribution in [3.63, 3.8) is 0 Å². The molecule has 12 nitrogen and oxygen atoms in total. The molecule has 0 radical (unpaired) electrons. The number of alkyl carbamates (subject to hydrolysis) is 1. The van der Waals surface area contributed by atoms with Crippen LogP contribution in [-0.4, -0.2) is 78.8 Å². The smallest absolute Gasteiger partial charge is 0.444 e. The molecular formula is C36H49F3N8O4. The van der Waals surface area contributed by atoms with Gasteiger partial charge in [0.2, 0.25) is 17.6 Å². The maximum absolute atomic E-state index is 13.9. The number of benzene rings is 1. The van der Waals surface area contributed by atoms with Gasteiger partial charge in [-0.3, -0.25) is 9.59 Å². The van der Waals surface area contributed by atoms with Crippen molar-refractivity contribution in [1.29, 1.82) is 5.26 Å². The number of nitrogens with one attached hydrogen (secondary N) is 3. The molecule has 2 fully saturated rings. The molecule has 1 aromatic carbocycles. The first-order chi connectivity index (χ1) is 24.2. The molecule has 2 aromatic rings. The van der Waals surface area contributed by atoms with E-state index in [0.717, 1.165) is 37.7 Å². The number of halogens is 3. The van der Waals surface area contributed by atoms with Gasteiger partial charge in [0, 0.05) is 51.8 Å². The zero-order chi connectivity index (χ0) is 37.0. The fourth-order valence-corrected chi connectivity index (χ4v) is 6.06. The van der Waals surface area contributed by atoms with Crippen LogP contribution in [0.4, 0.5) is 29.6 Å². The summed E-state index contributed by atoms with van der Waals surface area (Å²) in [4.78, 5) is 48.1. The average molecular weight is 715 g/mol. The molecule has 278 valence electrons. The molecule has 2 saturated heterocycles. The first kappa shape index (κ1) is 39.2. The number of amides is 3. The quantitative estimate of drug-likeness (QED) is 0.214. The van der Waals surface area contributed by atoms with Crippen molar-refractivity contribution in [2.75, 3.05) is 49.1 Å². The number of carbonyl (C=O) groups is 3. The summed E-state index contributed by atoms with van der Waals surface area (Å²) >= 11 is 0. The normalized spacial score (nSPS) is 16.5. The van der Waals surface area contributed by atoms with E-state index < -0.39 is 29.7 Å². The summed E-state index contributed by atoms with van der Waals surface area (Å²) in [5.41, 5.74) is 0.959. The van der Waals surface area contributed by atoms with Gasteiger partial charge in [0.25, 0.3) is 0 Å². The van der Waals surface area contributed by atoms with E-state index in [2.05, 4.69) is 32.0 Å². The van der Waals surface area contributed by atoms with E-state index in [1.165, 1.54) is 0 Å². The van der Waals surface area contributed by atoms with Crippen LogP contribution < -0.4 is 25.8 Å². The molecule has 51 heavy (non-hydrogen) atoms. The van der Waals surface area contributed by atoms with Gasteiger partial charge in [-0.05, 0) is 95.8 Å². The van der Waals surface area contributed by atoms with E-state index in [-0.39, 0.29) is 23.5 Å². The number of anilines is 2. The Morgan fingerprint density at radius 2 is 1.57 bits per heavy atom. The summed E-state index contributed by atoms with van der Waals surface area (Å²) in [7, 11) is 0. The number of piperidine rings is 1. The monoisotopic (exact) mass is 714 g/mol. The van der Waals surface area contributed by atoms with E-state index in [0.29, 0.717) is 76.4 Å². The predicted molar refractivity (Wildman–Crippen MR) is 186 cm³/mol. The highest BCUT2D eigenvalue weighted by molar-refractivity contribution is 5.86. The molecule has 3 N–H and O–H groups in total. The van der Waals surface area contributed by atoms with Gasteiger partial charge in [-0.25, -0.2) is 14.8 Å². The van der Waals surface area contributed by atoms with Crippen molar-refractivity contribution < 1.29 is 32.3 Å². The number of hydrogen-bond acceptors (Lipinski definition) is 9. The van der Waals surface area contributed by atoms with Crippen LogP contribution >= 0.6 is 0 Å². The van der Waals surface area contributed by atoms with Gasteiger partial charge in [-0.2, -0.15) is 18.4 Å². The number of unbranched alkanes of at least 4 members (excludes halogenated alkanes) is 1. The zero-order valence-corrected chi connectivity index (χ0v) is 29.7. The second-order valence-electron chi connectivity index (χ2n) is 14.1. The Morgan fingerprint density at radius 3 is 2.18 bits per heavy atom. The molecule has 0 saturated carbocycles.